The first-order valence-corrected chi connectivity index (χ1v) is 2.81. The van der Waals surface area contributed by atoms with E-state index in [-0.39, 0.29) is 0 Å². The van der Waals surface area contributed by atoms with Gasteiger partial charge in [0, 0.05) is 12.4 Å². The molecule has 0 atom stereocenters. The lowest BCUT2D eigenvalue weighted by atomic mass is 10.4. The van der Waals surface area contributed by atoms with Gasteiger partial charge in [0.25, 0.3) is 0 Å². The molecule has 2 N–H and O–H groups in total. The Bertz CT molecular complexity index is 139. The zero-order valence-corrected chi connectivity index (χ0v) is 5.83. The summed E-state index contributed by atoms with van der Waals surface area (Å²) in [6, 6.07) is 0. The van der Waals surface area contributed by atoms with Crippen LogP contribution in [0.4, 0.5) is 0 Å². The molecule has 0 aromatic carbocycles. The van der Waals surface area contributed by atoms with Crippen molar-refractivity contribution in [3.8, 4) is 0 Å². The Kier molecular flexibility index (Phi) is 4.50. The molecular formula is C7H12N2. The zero-order valence-electron chi connectivity index (χ0n) is 5.83. The van der Waals surface area contributed by atoms with Crippen LogP contribution in [-0.4, -0.2) is 6.21 Å². The second kappa shape index (κ2) is 5.09. The monoisotopic (exact) mass is 124 g/mol. The van der Waals surface area contributed by atoms with Gasteiger partial charge in [-0.15, -0.1) is 0 Å². The minimum Gasteiger partial charge on any atom is -0.405 e. The minimum absolute atomic E-state index is 1.18. The van der Waals surface area contributed by atoms with Gasteiger partial charge in [0.05, 0.1) is 0 Å². The molecule has 0 amide bonds. The van der Waals surface area contributed by atoms with Gasteiger partial charge in [0.15, 0.2) is 0 Å². The Labute approximate surface area is 55.8 Å². The summed E-state index contributed by atoms with van der Waals surface area (Å²) in [6.07, 6.45) is 6.55. The largest absolute Gasteiger partial charge is 0.405 e. The maximum Gasteiger partial charge on any atom is 0.0282 e. The Balaban J connectivity index is 3.60. The first-order valence-electron chi connectivity index (χ1n) is 2.81. The van der Waals surface area contributed by atoms with Crippen LogP contribution in [0.15, 0.2) is 29.0 Å². The van der Waals surface area contributed by atoms with E-state index in [4.69, 9.17) is 5.73 Å². The molecule has 0 fully saturated rings. The van der Waals surface area contributed by atoms with Crippen LogP contribution >= 0.6 is 0 Å². The molecule has 0 radical (unpaired) electrons. The highest BCUT2D eigenvalue weighted by atomic mass is 14.7. The lowest BCUT2D eigenvalue weighted by Crippen LogP contribution is -1.75. The van der Waals surface area contributed by atoms with Crippen LogP contribution in [0, 0.1) is 0 Å². The number of hydrogen-bond donors (Lipinski definition) is 1. The van der Waals surface area contributed by atoms with Crippen molar-refractivity contribution in [3.63, 3.8) is 0 Å². The standard InChI is InChI=1S/C7H12N2/c1-7(2)6-9-5-3-4-8/h3-6H,8H2,1-2H3/b4-3-,9-5?. The summed E-state index contributed by atoms with van der Waals surface area (Å²) in [7, 11) is 0. The fraction of sp³-hybridized carbons (Fsp3) is 0.286. The second-order valence-corrected chi connectivity index (χ2v) is 1.89. The summed E-state index contributed by atoms with van der Waals surface area (Å²) < 4.78 is 0. The van der Waals surface area contributed by atoms with Crippen molar-refractivity contribution in [1.29, 1.82) is 0 Å². The molecule has 0 unspecified atom stereocenters. The fourth-order valence-corrected chi connectivity index (χ4v) is 0.291. The molecule has 0 rings (SSSR count). The number of rotatable bonds is 2. The van der Waals surface area contributed by atoms with E-state index < -0.39 is 0 Å². The van der Waals surface area contributed by atoms with Gasteiger partial charge in [-0.3, -0.25) is 4.99 Å². The fourth-order valence-electron chi connectivity index (χ4n) is 0.291. The first-order chi connectivity index (χ1) is 4.27. The van der Waals surface area contributed by atoms with Crippen LogP contribution in [0.5, 0.6) is 0 Å². The zero-order chi connectivity index (χ0) is 7.11. The normalized spacial score (nSPS) is 10.9. The molecule has 0 aliphatic heterocycles. The average molecular weight is 124 g/mol. The molecule has 0 spiro atoms. The highest BCUT2D eigenvalue weighted by Gasteiger charge is 1.67. The van der Waals surface area contributed by atoms with E-state index in [2.05, 4.69) is 4.99 Å². The van der Waals surface area contributed by atoms with Crippen LogP contribution in [0.1, 0.15) is 13.8 Å². The predicted octanol–water partition coefficient (Wildman–Crippen LogP) is 1.45. The van der Waals surface area contributed by atoms with Gasteiger partial charge in [-0.25, -0.2) is 0 Å². The molecule has 2 heteroatoms. The molecular weight excluding hydrogens is 112 g/mol. The van der Waals surface area contributed by atoms with Crippen LogP contribution in [0.2, 0.25) is 0 Å². The smallest absolute Gasteiger partial charge is 0.0282 e. The maximum atomic E-state index is 5.05. The van der Waals surface area contributed by atoms with Crippen molar-refractivity contribution in [2.75, 3.05) is 0 Å². The molecule has 0 aromatic heterocycles. The topological polar surface area (TPSA) is 38.4 Å². The Morgan fingerprint density at radius 2 is 2.11 bits per heavy atom. The summed E-state index contributed by atoms with van der Waals surface area (Å²) >= 11 is 0. The summed E-state index contributed by atoms with van der Waals surface area (Å²) in [5.41, 5.74) is 6.23. The molecule has 9 heavy (non-hydrogen) atoms. The molecule has 2 nitrogen and oxygen atoms in total. The van der Waals surface area contributed by atoms with Crippen LogP contribution in [0.3, 0.4) is 0 Å². The van der Waals surface area contributed by atoms with Gasteiger partial charge in [-0.05, 0) is 26.1 Å². The quantitative estimate of drug-likeness (QED) is 0.556. The van der Waals surface area contributed by atoms with Gasteiger partial charge < -0.3 is 5.73 Å². The highest BCUT2D eigenvalue weighted by Crippen LogP contribution is 1.86. The van der Waals surface area contributed by atoms with E-state index in [0.717, 1.165) is 0 Å². The maximum absolute atomic E-state index is 5.05. The molecule has 0 saturated heterocycles. The molecule has 0 aliphatic rings. The van der Waals surface area contributed by atoms with Crippen LogP contribution < -0.4 is 5.73 Å². The second-order valence-electron chi connectivity index (χ2n) is 1.89. The number of hydrogen-bond acceptors (Lipinski definition) is 2. The Hall–Kier alpha value is -1.05. The number of aliphatic imine (C=N–C) groups is 1. The van der Waals surface area contributed by atoms with Crippen molar-refractivity contribution < 1.29 is 0 Å². The molecule has 50 valence electrons. The summed E-state index contributed by atoms with van der Waals surface area (Å²) in [4.78, 5) is 3.91. The highest BCUT2D eigenvalue weighted by molar-refractivity contribution is 5.71. The summed E-state index contributed by atoms with van der Waals surface area (Å²) in [5.74, 6) is 0. The number of nitrogens with zero attached hydrogens (tertiary/aromatic N) is 1. The van der Waals surface area contributed by atoms with Crippen molar-refractivity contribution in [2.45, 2.75) is 13.8 Å². The molecule has 0 aromatic rings. The van der Waals surface area contributed by atoms with Gasteiger partial charge in [0.1, 0.15) is 0 Å². The van der Waals surface area contributed by atoms with E-state index in [9.17, 15) is 0 Å². The third-order valence-corrected chi connectivity index (χ3v) is 0.616. The van der Waals surface area contributed by atoms with Gasteiger partial charge in [-0.1, -0.05) is 5.57 Å². The number of allylic oxidation sites excluding steroid dienone is 2. The average Bonchev–Trinajstić information content (AvgIpc) is 1.80. The lowest BCUT2D eigenvalue weighted by Gasteiger charge is -1.79. The molecule has 0 bridgehead atoms. The van der Waals surface area contributed by atoms with Crippen molar-refractivity contribution in [2.24, 2.45) is 10.7 Å². The van der Waals surface area contributed by atoms with Gasteiger partial charge in [0.2, 0.25) is 0 Å². The molecule has 0 aliphatic carbocycles. The third-order valence-electron chi connectivity index (χ3n) is 0.616. The minimum atomic E-state index is 1.18. The third kappa shape index (κ3) is 6.95. The van der Waals surface area contributed by atoms with Crippen LogP contribution in [-0.2, 0) is 0 Å². The van der Waals surface area contributed by atoms with E-state index in [1.54, 1.807) is 18.5 Å². The SMILES string of the molecule is CC(C)=CN=C/C=C\N. The summed E-state index contributed by atoms with van der Waals surface area (Å²) in [5, 5.41) is 0. The van der Waals surface area contributed by atoms with E-state index >= 15 is 0 Å². The van der Waals surface area contributed by atoms with Crippen LogP contribution in [0.25, 0.3) is 0 Å². The van der Waals surface area contributed by atoms with E-state index in [1.165, 1.54) is 11.8 Å². The van der Waals surface area contributed by atoms with Gasteiger partial charge >= 0.3 is 0 Å². The van der Waals surface area contributed by atoms with E-state index in [1.807, 2.05) is 13.8 Å². The van der Waals surface area contributed by atoms with Gasteiger partial charge in [-0.2, -0.15) is 0 Å². The Morgan fingerprint density at radius 1 is 1.44 bits per heavy atom. The Morgan fingerprint density at radius 3 is 2.56 bits per heavy atom. The van der Waals surface area contributed by atoms with E-state index in [0.29, 0.717) is 0 Å². The lowest BCUT2D eigenvalue weighted by molar-refractivity contribution is 1.34. The molecule has 0 saturated carbocycles. The van der Waals surface area contributed by atoms with Crippen molar-refractivity contribution in [3.05, 3.63) is 24.0 Å². The van der Waals surface area contributed by atoms with Crippen molar-refractivity contribution >= 4 is 6.21 Å². The molecule has 0 heterocycles. The van der Waals surface area contributed by atoms with Crippen molar-refractivity contribution in [1.82, 2.24) is 0 Å². The number of nitrogens with two attached hydrogens (primary N) is 1. The predicted molar refractivity (Wildman–Crippen MR) is 41.3 cm³/mol. The first kappa shape index (κ1) is 7.95. The summed E-state index contributed by atoms with van der Waals surface area (Å²) in [6.45, 7) is 3.98.